The van der Waals surface area contributed by atoms with Gasteiger partial charge in [0.15, 0.2) is 0 Å². The summed E-state index contributed by atoms with van der Waals surface area (Å²) in [5, 5.41) is 0. The molecule has 2 aliphatic rings. The van der Waals surface area contributed by atoms with E-state index in [2.05, 4.69) is 16.8 Å². The summed E-state index contributed by atoms with van der Waals surface area (Å²) in [6.45, 7) is 5.25. The first-order chi connectivity index (χ1) is 12.6. The van der Waals surface area contributed by atoms with Crippen molar-refractivity contribution in [2.45, 2.75) is 38.5 Å². The number of hydrogen-bond acceptors (Lipinski definition) is 4. The fraction of sp³-hybridized carbons (Fsp3) is 0.667. The van der Waals surface area contributed by atoms with Gasteiger partial charge >= 0.3 is 0 Å². The van der Waals surface area contributed by atoms with Crippen LogP contribution in [0, 0.1) is 5.41 Å². The zero-order valence-electron chi connectivity index (χ0n) is 16.1. The molecule has 1 spiro atoms. The van der Waals surface area contributed by atoms with E-state index in [1.165, 1.54) is 38.8 Å². The van der Waals surface area contributed by atoms with Gasteiger partial charge < -0.3 is 20.3 Å². The standard InChI is InChI=1S/C21H33N3O2/c1-23-13-8-21(9-14-23)7-2-12-24(15-10-21)20(25)17-18-3-5-19(6-4-18)26-16-11-22/h3-6H,2,7-17,22H2,1H3. The molecule has 0 aromatic heterocycles. The largest absolute Gasteiger partial charge is 0.492 e. The number of carbonyl (C=O) groups is 1. The molecule has 144 valence electrons. The molecular formula is C21H33N3O2. The van der Waals surface area contributed by atoms with Crippen LogP contribution in [0.5, 0.6) is 5.75 Å². The van der Waals surface area contributed by atoms with Gasteiger partial charge in [-0.3, -0.25) is 4.79 Å². The van der Waals surface area contributed by atoms with Gasteiger partial charge in [0.1, 0.15) is 12.4 Å². The Morgan fingerprint density at radius 1 is 1.08 bits per heavy atom. The Kier molecular flexibility index (Phi) is 6.54. The first-order valence-electron chi connectivity index (χ1n) is 9.98. The third-order valence-corrected chi connectivity index (χ3v) is 6.11. The van der Waals surface area contributed by atoms with Crippen LogP contribution in [0.25, 0.3) is 0 Å². The topological polar surface area (TPSA) is 58.8 Å². The van der Waals surface area contributed by atoms with Gasteiger partial charge in [0.2, 0.25) is 5.91 Å². The first-order valence-corrected chi connectivity index (χ1v) is 9.98. The smallest absolute Gasteiger partial charge is 0.226 e. The zero-order valence-corrected chi connectivity index (χ0v) is 16.1. The Labute approximate surface area is 157 Å². The average molecular weight is 360 g/mol. The third kappa shape index (κ3) is 4.98. The molecule has 3 rings (SSSR count). The van der Waals surface area contributed by atoms with Crippen molar-refractivity contribution in [1.82, 2.24) is 9.80 Å². The van der Waals surface area contributed by atoms with E-state index in [4.69, 9.17) is 10.5 Å². The number of nitrogens with zero attached hydrogens (tertiary/aromatic N) is 2. The van der Waals surface area contributed by atoms with Crippen molar-refractivity contribution >= 4 is 5.91 Å². The maximum absolute atomic E-state index is 12.8. The van der Waals surface area contributed by atoms with Crippen LogP contribution >= 0.6 is 0 Å². The fourth-order valence-corrected chi connectivity index (χ4v) is 4.26. The number of nitrogens with two attached hydrogens (primary N) is 1. The SMILES string of the molecule is CN1CCC2(CCCN(C(=O)Cc3ccc(OCCN)cc3)CC2)CC1. The molecule has 5 nitrogen and oxygen atoms in total. The van der Waals surface area contributed by atoms with E-state index in [9.17, 15) is 4.79 Å². The van der Waals surface area contributed by atoms with E-state index >= 15 is 0 Å². The highest BCUT2D eigenvalue weighted by Crippen LogP contribution is 2.40. The van der Waals surface area contributed by atoms with Crippen molar-refractivity contribution in [2.24, 2.45) is 11.1 Å². The lowest BCUT2D eigenvalue weighted by molar-refractivity contribution is -0.130. The lowest BCUT2D eigenvalue weighted by atomic mass is 9.73. The molecule has 26 heavy (non-hydrogen) atoms. The molecule has 1 amide bonds. The van der Waals surface area contributed by atoms with Gasteiger partial charge in [0, 0.05) is 19.6 Å². The average Bonchev–Trinajstić information content (AvgIpc) is 2.87. The summed E-state index contributed by atoms with van der Waals surface area (Å²) in [4.78, 5) is 17.3. The minimum Gasteiger partial charge on any atom is -0.492 e. The molecule has 2 saturated heterocycles. The maximum atomic E-state index is 12.8. The highest BCUT2D eigenvalue weighted by atomic mass is 16.5. The van der Waals surface area contributed by atoms with Gasteiger partial charge in [-0.1, -0.05) is 12.1 Å². The molecule has 1 aromatic rings. The van der Waals surface area contributed by atoms with Gasteiger partial charge in [0.25, 0.3) is 0 Å². The Morgan fingerprint density at radius 3 is 2.46 bits per heavy atom. The summed E-state index contributed by atoms with van der Waals surface area (Å²) in [6.07, 6.45) is 6.63. The summed E-state index contributed by atoms with van der Waals surface area (Å²) in [6, 6.07) is 7.82. The van der Waals surface area contributed by atoms with Crippen LogP contribution in [0.4, 0.5) is 0 Å². The predicted octanol–water partition coefficient (Wildman–Crippen LogP) is 2.29. The fourth-order valence-electron chi connectivity index (χ4n) is 4.26. The quantitative estimate of drug-likeness (QED) is 0.876. The number of carbonyl (C=O) groups excluding carboxylic acids is 1. The van der Waals surface area contributed by atoms with Crippen LogP contribution in [0.15, 0.2) is 24.3 Å². The Hall–Kier alpha value is -1.59. The van der Waals surface area contributed by atoms with Gasteiger partial charge in [-0.15, -0.1) is 0 Å². The summed E-state index contributed by atoms with van der Waals surface area (Å²) in [7, 11) is 2.21. The van der Waals surface area contributed by atoms with Gasteiger partial charge in [0.05, 0.1) is 6.42 Å². The lowest BCUT2D eigenvalue weighted by Gasteiger charge is -2.40. The number of amides is 1. The van der Waals surface area contributed by atoms with Crippen molar-refractivity contribution in [1.29, 1.82) is 0 Å². The van der Waals surface area contributed by atoms with Crippen LogP contribution in [0.1, 0.15) is 37.7 Å². The van der Waals surface area contributed by atoms with Crippen molar-refractivity contribution in [3.05, 3.63) is 29.8 Å². The van der Waals surface area contributed by atoms with E-state index in [0.29, 0.717) is 25.0 Å². The summed E-state index contributed by atoms with van der Waals surface area (Å²) in [5.41, 5.74) is 6.97. The molecule has 0 radical (unpaired) electrons. The van der Waals surface area contributed by atoms with Crippen molar-refractivity contribution in [2.75, 3.05) is 46.4 Å². The number of likely N-dealkylation sites (tertiary alicyclic amines) is 2. The van der Waals surface area contributed by atoms with Gasteiger partial charge in [-0.05, 0) is 75.4 Å². The van der Waals surface area contributed by atoms with E-state index in [1.54, 1.807) is 0 Å². The molecule has 0 aliphatic carbocycles. The van der Waals surface area contributed by atoms with Gasteiger partial charge in [-0.2, -0.15) is 0 Å². The number of ether oxygens (including phenoxy) is 1. The van der Waals surface area contributed by atoms with E-state index in [1.807, 2.05) is 24.3 Å². The van der Waals surface area contributed by atoms with Gasteiger partial charge in [-0.25, -0.2) is 0 Å². The normalized spacial score (nSPS) is 20.8. The molecule has 0 atom stereocenters. The second kappa shape index (κ2) is 8.87. The van der Waals surface area contributed by atoms with E-state index in [-0.39, 0.29) is 5.91 Å². The molecule has 1 aromatic carbocycles. The van der Waals surface area contributed by atoms with Crippen LogP contribution in [0.2, 0.25) is 0 Å². The first kappa shape index (κ1) is 19.2. The summed E-state index contributed by atoms with van der Waals surface area (Å²) >= 11 is 0. The monoisotopic (exact) mass is 359 g/mol. The van der Waals surface area contributed by atoms with Crippen molar-refractivity contribution in [3.8, 4) is 5.75 Å². The summed E-state index contributed by atoms with van der Waals surface area (Å²) < 4.78 is 5.50. The van der Waals surface area contributed by atoms with Crippen LogP contribution in [0.3, 0.4) is 0 Å². The third-order valence-electron chi connectivity index (χ3n) is 6.11. The highest BCUT2D eigenvalue weighted by Gasteiger charge is 2.35. The van der Waals surface area contributed by atoms with Crippen LogP contribution < -0.4 is 10.5 Å². The molecule has 2 N–H and O–H groups in total. The highest BCUT2D eigenvalue weighted by molar-refractivity contribution is 5.78. The van der Waals surface area contributed by atoms with Crippen molar-refractivity contribution in [3.63, 3.8) is 0 Å². The minimum absolute atomic E-state index is 0.255. The second-order valence-electron chi connectivity index (χ2n) is 8.00. The lowest BCUT2D eigenvalue weighted by Crippen LogP contribution is -2.39. The van der Waals surface area contributed by atoms with Crippen LogP contribution in [-0.2, 0) is 11.2 Å². The second-order valence-corrected chi connectivity index (χ2v) is 8.00. The minimum atomic E-state index is 0.255. The summed E-state index contributed by atoms with van der Waals surface area (Å²) in [5.74, 6) is 1.07. The number of rotatable bonds is 5. The molecule has 0 bridgehead atoms. The molecule has 0 unspecified atom stereocenters. The Morgan fingerprint density at radius 2 is 1.77 bits per heavy atom. The van der Waals surface area contributed by atoms with Crippen molar-refractivity contribution < 1.29 is 9.53 Å². The molecule has 2 aliphatic heterocycles. The predicted molar refractivity (Wildman–Crippen MR) is 104 cm³/mol. The molecular weight excluding hydrogens is 326 g/mol. The molecule has 2 heterocycles. The maximum Gasteiger partial charge on any atom is 0.226 e. The molecule has 2 fully saturated rings. The van der Waals surface area contributed by atoms with E-state index in [0.717, 1.165) is 30.8 Å². The Bertz CT molecular complexity index is 579. The number of hydrogen-bond donors (Lipinski definition) is 1. The van der Waals surface area contributed by atoms with E-state index < -0.39 is 0 Å². The van der Waals surface area contributed by atoms with Crippen LogP contribution in [-0.4, -0.2) is 62.1 Å². The zero-order chi connectivity index (χ0) is 18.4. The molecule has 0 saturated carbocycles. The number of piperidine rings is 1. The molecule has 5 heteroatoms. The Balaban J connectivity index is 1.52. The number of benzene rings is 1.